The van der Waals surface area contributed by atoms with Gasteiger partial charge in [0, 0.05) is 18.0 Å². The quantitative estimate of drug-likeness (QED) is 0.437. The highest BCUT2D eigenvalue weighted by molar-refractivity contribution is 7.10. The maximum atomic E-state index is 9.00. The summed E-state index contributed by atoms with van der Waals surface area (Å²) in [6, 6.07) is 2.05. The van der Waals surface area contributed by atoms with Crippen LogP contribution in [0.15, 0.2) is 11.4 Å². The highest BCUT2D eigenvalue weighted by atomic mass is 32.1. The summed E-state index contributed by atoms with van der Waals surface area (Å²) in [5, 5.41) is 11.1. The van der Waals surface area contributed by atoms with Gasteiger partial charge in [-0.3, -0.25) is 0 Å². The smallest absolute Gasteiger partial charge is 0.0774 e. The van der Waals surface area contributed by atoms with Gasteiger partial charge in [0.05, 0.1) is 52.9 Å². The van der Waals surface area contributed by atoms with Crippen LogP contribution >= 0.6 is 11.3 Å². The third kappa shape index (κ3) is 11.6. The van der Waals surface area contributed by atoms with Gasteiger partial charge in [-0.25, -0.2) is 0 Å². The first-order valence-electron chi connectivity index (χ1n) is 8.05. The van der Waals surface area contributed by atoms with Crippen molar-refractivity contribution in [1.29, 1.82) is 0 Å². The third-order valence-electron chi connectivity index (χ3n) is 3.00. The molecule has 0 spiro atoms. The number of hydrogen-bond donors (Lipinski definition) is 2. The van der Waals surface area contributed by atoms with Gasteiger partial charge in [0.15, 0.2) is 0 Å². The van der Waals surface area contributed by atoms with Gasteiger partial charge in [0.2, 0.25) is 0 Å². The molecule has 0 bridgehead atoms. The van der Waals surface area contributed by atoms with Crippen LogP contribution in [0.2, 0.25) is 0 Å². The standard InChI is InChI=1S/C16H29NO5S/c17-3-5-20-7-9-22-11-10-21-8-6-19-4-1-2-15-12-16(13-18)23-14-15/h12,14,18H,1-11,13,17H2. The lowest BCUT2D eigenvalue weighted by molar-refractivity contribution is -0.00118. The number of rotatable bonds is 16. The van der Waals surface area contributed by atoms with E-state index in [1.54, 1.807) is 11.3 Å². The predicted octanol–water partition coefficient (Wildman–Crippen LogP) is 1.20. The molecule has 0 radical (unpaired) electrons. The molecule has 1 aromatic rings. The average molecular weight is 347 g/mol. The van der Waals surface area contributed by atoms with E-state index in [9.17, 15) is 0 Å². The Kier molecular flexibility index (Phi) is 13.4. The Balaban J connectivity index is 1.76. The van der Waals surface area contributed by atoms with Gasteiger partial charge in [-0.1, -0.05) is 0 Å². The first-order chi connectivity index (χ1) is 11.4. The molecule has 0 atom stereocenters. The first-order valence-corrected chi connectivity index (χ1v) is 8.93. The molecule has 23 heavy (non-hydrogen) atoms. The molecule has 0 saturated heterocycles. The monoisotopic (exact) mass is 347 g/mol. The highest BCUT2D eigenvalue weighted by Gasteiger charge is 1.99. The molecule has 0 aliphatic rings. The fraction of sp³-hybridized carbons (Fsp3) is 0.750. The van der Waals surface area contributed by atoms with Crippen molar-refractivity contribution in [3.05, 3.63) is 21.9 Å². The predicted molar refractivity (Wildman–Crippen MR) is 90.9 cm³/mol. The second kappa shape index (κ2) is 15.0. The van der Waals surface area contributed by atoms with Crippen molar-refractivity contribution in [2.24, 2.45) is 5.73 Å². The van der Waals surface area contributed by atoms with Gasteiger partial charge in [-0.15, -0.1) is 11.3 Å². The van der Waals surface area contributed by atoms with Gasteiger partial charge in [0.25, 0.3) is 0 Å². The van der Waals surface area contributed by atoms with Crippen molar-refractivity contribution in [2.45, 2.75) is 19.4 Å². The molecule has 7 heteroatoms. The molecule has 134 valence electrons. The van der Waals surface area contributed by atoms with Crippen LogP contribution in [-0.4, -0.2) is 64.5 Å². The normalized spacial score (nSPS) is 11.2. The van der Waals surface area contributed by atoms with E-state index in [4.69, 9.17) is 29.8 Å². The van der Waals surface area contributed by atoms with E-state index in [2.05, 4.69) is 11.4 Å². The van der Waals surface area contributed by atoms with Gasteiger partial charge in [-0.2, -0.15) is 0 Å². The molecule has 0 saturated carbocycles. The summed E-state index contributed by atoms with van der Waals surface area (Å²) >= 11 is 1.60. The van der Waals surface area contributed by atoms with Crippen LogP contribution in [0.25, 0.3) is 0 Å². The molecular weight excluding hydrogens is 318 g/mol. The van der Waals surface area contributed by atoms with Crippen LogP contribution < -0.4 is 5.73 Å². The Morgan fingerprint density at radius 2 is 1.43 bits per heavy atom. The maximum Gasteiger partial charge on any atom is 0.0774 e. The zero-order chi connectivity index (χ0) is 16.6. The van der Waals surface area contributed by atoms with E-state index in [1.807, 2.05) is 0 Å². The van der Waals surface area contributed by atoms with Crippen LogP contribution in [0.4, 0.5) is 0 Å². The van der Waals surface area contributed by atoms with Crippen molar-refractivity contribution in [3.63, 3.8) is 0 Å². The van der Waals surface area contributed by atoms with E-state index in [1.165, 1.54) is 5.56 Å². The number of hydrogen-bond acceptors (Lipinski definition) is 7. The number of aryl methyl sites for hydroxylation is 1. The lowest BCUT2D eigenvalue weighted by atomic mass is 10.2. The molecule has 3 N–H and O–H groups in total. The first kappa shape index (κ1) is 20.5. The minimum absolute atomic E-state index is 0.128. The van der Waals surface area contributed by atoms with Crippen molar-refractivity contribution in [3.8, 4) is 0 Å². The zero-order valence-corrected chi connectivity index (χ0v) is 14.5. The Hall–Kier alpha value is -0.540. The fourth-order valence-corrected chi connectivity index (χ4v) is 2.65. The molecule has 0 aromatic carbocycles. The molecule has 0 unspecified atom stereocenters. The van der Waals surface area contributed by atoms with Gasteiger partial charge in [-0.05, 0) is 29.9 Å². The van der Waals surface area contributed by atoms with Crippen molar-refractivity contribution in [1.82, 2.24) is 0 Å². The summed E-state index contributed by atoms with van der Waals surface area (Å²) in [6.07, 6.45) is 1.96. The van der Waals surface area contributed by atoms with E-state index in [0.29, 0.717) is 52.8 Å². The molecule has 0 fully saturated rings. The van der Waals surface area contributed by atoms with E-state index in [-0.39, 0.29) is 6.61 Å². The topological polar surface area (TPSA) is 83.2 Å². The molecule has 0 aliphatic carbocycles. The van der Waals surface area contributed by atoms with Crippen LogP contribution in [0, 0.1) is 0 Å². The zero-order valence-electron chi connectivity index (χ0n) is 13.7. The SMILES string of the molecule is NCCOCCOCCOCCOCCCc1csc(CO)c1. The van der Waals surface area contributed by atoms with E-state index in [0.717, 1.165) is 24.3 Å². The fourth-order valence-electron chi connectivity index (χ4n) is 1.86. The second-order valence-electron chi connectivity index (χ2n) is 4.92. The Bertz CT molecular complexity index is 375. The molecule has 0 amide bonds. The van der Waals surface area contributed by atoms with Crippen molar-refractivity contribution >= 4 is 11.3 Å². The molecule has 1 aromatic heterocycles. The number of nitrogens with two attached hydrogens (primary N) is 1. The van der Waals surface area contributed by atoms with Crippen molar-refractivity contribution in [2.75, 3.05) is 59.4 Å². The molecule has 0 aliphatic heterocycles. The lowest BCUT2D eigenvalue weighted by Crippen LogP contribution is -2.14. The Morgan fingerprint density at radius 3 is 1.96 bits per heavy atom. The Labute approximate surface area is 142 Å². The lowest BCUT2D eigenvalue weighted by Gasteiger charge is -2.07. The number of thiophene rings is 1. The molecule has 6 nitrogen and oxygen atoms in total. The summed E-state index contributed by atoms with van der Waals surface area (Å²) in [4.78, 5) is 1.02. The van der Waals surface area contributed by atoms with Crippen molar-refractivity contribution < 1.29 is 24.1 Å². The largest absolute Gasteiger partial charge is 0.391 e. The highest BCUT2D eigenvalue weighted by Crippen LogP contribution is 2.15. The van der Waals surface area contributed by atoms with Gasteiger partial charge < -0.3 is 29.8 Å². The van der Waals surface area contributed by atoms with Crippen LogP contribution in [-0.2, 0) is 32.0 Å². The van der Waals surface area contributed by atoms with Gasteiger partial charge >= 0.3 is 0 Å². The minimum Gasteiger partial charge on any atom is -0.391 e. The summed E-state index contributed by atoms with van der Waals surface area (Å²) in [5.41, 5.74) is 6.57. The number of aliphatic hydroxyl groups is 1. The van der Waals surface area contributed by atoms with Gasteiger partial charge in [0.1, 0.15) is 0 Å². The molecular formula is C16H29NO5S. The number of aliphatic hydroxyl groups excluding tert-OH is 1. The molecule has 1 rings (SSSR count). The number of ether oxygens (including phenoxy) is 4. The maximum absolute atomic E-state index is 9.00. The Morgan fingerprint density at radius 1 is 0.870 bits per heavy atom. The molecule has 1 heterocycles. The summed E-state index contributed by atoms with van der Waals surface area (Å²) < 4.78 is 21.4. The van der Waals surface area contributed by atoms with Crippen LogP contribution in [0.5, 0.6) is 0 Å². The minimum atomic E-state index is 0.128. The van der Waals surface area contributed by atoms with E-state index >= 15 is 0 Å². The third-order valence-corrected chi connectivity index (χ3v) is 3.97. The second-order valence-corrected chi connectivity index (χ2v) is 5.92. The summed E-state index contributed by atoms with van der Waals surface area (Å²) in [5.74, 6) is 0. The average Bonchev–Trinajstić information content (AvgIpc) is 3.03. The summed E-state index contributed by atoms with van der Waals surface area (Å²) in [7, 11) is 0. The summed E-state index contributed by atoms with van der Waals surface area (Å²) in [6.45, 7) is 5.43. The van der Waals surface area contributed by atoms with Crippen LogP contribution in [0.1, 0.15) is 16.9 Å². The van der Waals surface area contributed by atoms with E-state index < -0.39 is 0 Å². The van der Waals surface area contributed by atoms with Crippen LogP contribution in [0.3, 0.4) is 0 Å².